The summed E-state index contributed by atoms with van der Waals surface area (Å²) in [6.45, 7) is 6.74. The monoisotopic (exact) mass is 594 g/mol. The van der Waals surface area contributed by atoms with Crippen molar-refractivity contribution in [1.29, 1.82) is 0 Å². The maximum atomic E-state index is 14.3. The van der Waals surface area contributed by atoms with E-state index in [0.29, 0.717) is 57.7 Å². The Morgan fingerprint density at radius 2 is 1.93 bits per heavy atom. The highest BCUT2D eigenvalue weighted by Gasteiger charge is 2.37. The van der Waals surface area contributed by atoms with Crippen molar-refractivity contribution in [2.24, 2.45) is 5.92 Å². The van der Waals surface area contributed by atoms with Crippen molar-refractivity contribution < 1.29 is 23.4 Å². The van der Waals surface area contributed by atoms with E-state index in [4.69, 9.17) is 19.3 Å². The fraction of sp³-hybridized carbons (Fsp3) is 0.469. The van der Waals surface area contributed by atoms with Crippen molar-refractivity contribution in [3.05, 3.63) is 70.7 Å². The van der Waals surface area contributed by atoms with Crippen LogP contribution in [0.5, 0.6) is 11.5 Å². The van der Waals surface area contributed by atoms with Crippen LogP contribution in [0, 0.1) is 11.7 Å². The lowest BCUT2D eigenvalue weighted by molar-refractivity contribution is -0.146. The van der Waals surface area contributed by atoms with Gasteiger partial charge in [0.2, 0.25) is 11.1 Å². The molecule has 1 aliphatic carbocycles. The Morgan fingerprint density at radius 1 is 1.14 bits per heavy atom. The molecule has 224 valence electrons. The second kappa shape index (κ2) is 13.6. The SMILES string of the molecule is COc1cc(C2C(C(=O)OC3CCCCC3)=C(C)Nc3nc(SCc4ccccc4F)nn32)ccc1OCCC(C)C. The van der Waals surface area contributed by atoms with E-state index in [1.165, 1.54) is 24.2 Å². The quantitative estimate of drug-likeness (QED) is 0.183. The van der Waals surface area contributed by atoms with E-state index in [-0.39, 0.29) is 17.9 Å². The molecule has 1 aromatic heterocycles. The number of methoxy groups -OCH3 is 1. The smallest absolute Gasteiger partial charge is 0.338 e. The molecule has 1 saturated carbocycles. The summed E-state index contributed by atoms with van der Waals surface area (Å²) in [4.78, 5) is 18.5. The number of rotatable bonds is 11. The molecule has 2 aromatic carbocycles. The van der Waals surface area contributed by atoms with Crippen LogP contribution in [0.25, 0.3) is 0 Å². The normalized spacial score (nSPS) is 17.1. The number of fused-ring (bicyclic) bond motifs is 1. The van der Waals surface area contributed by atoms with Crippen LogP contribution in [0.2, 0.25) is 0 Å². The van der Waals surface area contributed by atoms with Gasteiger partial charge < -0.3 is 19.5 Å². The zero-order chi connectivity index (χ0) is 29.6. The predicted octanol–water partition coefficient (Wildman–Crippen LogP) is 7.31. The number of aromatic nitrogens is 3. The largest absolute Gasteiger partial charge is 0.493 e. The average Bonchev–Trinajstić information content (AvgIpc) is 3.38. The maximum Gasteiger partial charge on any atom is 0.338 e. The third-order valence-corrected chi connectivity index (χ3v) is 8.54. The number of carbonyl (C=O) groups is 1. The van der Waals surface area contributed by atoms with E-state index in [2.05, 4.69) is 24.1 Å². The number of esters is 1. The lowest BCUT2D eigenvalue weighted by Gasteiger charge is -2.30. The molecule has 5 rings (SSSR count). The summed E-state index contributed by atoms with van der Waals surface area (Å²) < 4.78 is 33.8. The summed E-state index contributed by atoms with van der Waals surface area (Å²) in [5.74, 6) is 1.98. The molecule has 8 nitrogen and oxygen atoms in total. The van der Waals surface area contributed by atoms with E-state index < -0.39 is 6.04 Å². The number of anilines is 1. The van der Waals surface area contributed by atoms with Gasteiger partial charge in [-0.2, -0.15) is 4.98 Å². The fourth-order valence-electron chi connectivity index (χ4n) is 5.30. The summed E-state index contributed by atoms with van der Waals surface area (Å²) >= 11 is 1.34. The zero-order valence-corrected chi connectivity index (χ0v) is 25.5. The van der Waals surface area contributed by atoms with Crippen LogP contribution in [0.15, 0.2) is 58.9 Å². The molecule has 1 fully saturated rings. The summed E-state index contributed by atoms with van der Waals surface area (Å²) in [6.07, 6.45) is 5.86. The van der Waals surface area contributed by atoms with E-state index in [1.54, 1.807) is 23.9 Å². The van der Waals surface area contributed by atoms with Crippen molar-refractivity contribution in [3.63, 3.8) is 0 Å². The number of hydrogen-bond acceptors (Lipinski definition) is 8. The first kappa shape index (κ1) is 29.9. The highest BCUT2D eigenvalue weighted by molar-refractivity contribution is 7.98. The molecule has 0 saturated heterocycles. The number of allylic oxidation sites excluding steroid dienone is 1. The van der Waals surface area contributed by atoms with Crippen LogP contribution in [0.3, 0.4) is 0 Å². The second-order valence-corrected chi connectivity index (χ2v) is 12.2. The molecular weight excluding hydrogens is 555 g/mol. The van der Waals surface area contributed by atoms with Crippen LogP contribution < -0.4 is 14.8 Å². The number of nitrogens with one attached hydrogen (secondary N) is 1. The molecular formula is C32H39FN4O4S. The topological polar surface area (TPSA) is 87.5 Å². The van der Waals surface area contributed by atoms with Crippen LogP contribution in [0.4, 0.5) is 10.3 Å². The van der Waals surface area contributed by atoms with Gasteiger partial charge in [0.15, 0.2) is 11.5 Å². The highest BCUT2D eigenvalue weighted by Crippen LogP contribution is 2.40. The van der Waals surface area contributed by atoms with Crippen molar-refractivity contribution >= 4 is 23.7 Å². The van der Waals surface area contributed by atoms with Crippen LogP contribution >= 0.6 is 11.8 Å². The molecule has 10 heteroatoms. The van der Waals surface area contributed by atoms with E-state index in [0.717, 1.165) is 37.7 Å². The van der Waals surface area contributed by atoms with Gasteiger partial charge in [0.25, 0.3) is 0 Å². The minimum Gasteiger partial charge on any atom is -0.493 e. The highest BCUT2D eigenvalue weighted by atomic mass is 32.2. The van der Waals surface area contributed by atoms with Crippen LogP contribution in [0.1, 0.15) is 76.5 Å². The first-order valence-corrected chi connectivity index (χ1v) is 15.6. The van der Waals surface area contributed by atoms with Gasteiger partial charge in [0.05, 0.1) is 19.3 Å². The lowest BCUT2D eigenvalue weighted by Crippen LogP contribution is -2.32. The molecule has 2 aliphatic rings. The molecule has 0 radical (unpaired) electrons. The Kier molecular flexibility index (Phi) is 9.72. The van der Waals surface area contributed by atoms with Gasteiger partial charge in [-0.25, -0.2) is 13.9 Å². The summed E-state index contributed by atoms with van der Waals surface area (Å²) in [7, 11) is 1.61. The van der Waals surface area contributed by atoms with Gasteiger partial charge in [-0.1, -0.05) is 56.3 Å². The summed E-state index contributed by atoms with van der Waals surface area (Å²) in [5.41, 5.74) is 2.49. The number of halogens is 1. The minimum absolute atomic E-state index is 0.0949. The molecule has 2 heterocycles. The Morgan fingerprint density at radius 3 is 2.67 bits per heavy atom. The molecule has 0 spiro atoms. The Hall–Kier alpha value is -3.53. The number of thioether (sulfide) groups is 1. The first-order chi connectivity index (χ1) is 20.3. The third-order valence-electron chi connectivity index (χ3n) is 7.65. The van der Waals surface area contributed by atoms with Gasteiger partial charge in [-0.05, 0) is 74.3 Å². The molecule has 0 bridgehead atoms. The zero-order valence-electron chi connectivity index (χ0n) is 24.7. The van der Waals surface area contributed by atoms with Crippen LogP contribution in [-0.2, 0) is 15.3 Å². The van der Waals surface area contributed by atoms with E-state index in [1.807, 2.05) is 31.2 Å². The summed E-state index contributed by atoms with van der Waals surface area (Å²) in [6, 6.07) is 11.8. The van der Waals surface area contributed by atoms with Gasteiger partial charge in [-0.15, -0.1) is 5.10 Å². The number of carbonyl (C=O) groups excluding carboxylic acids is 1. The fourth-order valence-corrected chi connectivity index (χ4v) is 6.11. The molecule has 1 N–H and O–H groups in total. The van der Waals surface area contributed by atoms with Crippen molar-refractivity contribution in [2.75, 3.05) is 19.0 Å². The molecule has 42 heavy (non-hydrogen) atoms. The van der Waals surface area contributed by atoms with Crippen molar-refractivity contribution in [1.82, 2.24) is 14.8 Å². The van der Waals surface area contributed by atoms with E-state index in [9.17, 15) is 9.18 Å². The molecule has 0 amide bonds. The van der Waals surface area contributed by atoms with Gasteiger partial charge in [0.1, 0.15) is 18.0 Å². The Bertz CT molecular complexity index is 1430. The Balaban J connectivity index is 1.47. The number of ether oxygens (including phenoxy) is 3. The standard InChI is InChI=1S/C32H39FN4O4S/c1-20(2)16-17-40-26-15-14-22(18-27(26)39-4)29-28(30(38)41-24-11-6-5-7-12-24)21(3)34-31-35-32(36-37(29)31)42-19-23-10-8-9-13-25(23)33/h8-10,13-15,18,20,24,29H,5-7,11-12,16-17,19H2,1-4H3,(H,34,35,36). The third kappa shape index (κ3) is 6.91. The number of hydrogen-bond donors (Lipinski definition) is 1. The molecule has 1 unspecified atom stereocenters. The van der Waals surface area contributed by atoms with E-state index >= 15 is 0 Å². The maximum absolute atomic E-state index is 14.3. The first-order valence-electron chi connectivity index (χ1n) is 14.7. The van der Waals surface area contributed by atoms with Gasteiger partial charge in [0, 0.05) is 11.4 Å². The van der Waals surface area contributed by atoms with Crippen molar-refractivity contribution in [2.45, 2.75) is 82.4 Å². The molecule has 3 aromatic rings. The van der Waals surface area contributed by atoms with Crippen molar-refractivity contribution in [3.8, 4) is 11.5 Å². The average molecular weight is 595 g/mol. The number of benzene rings is 2. The molecule has 1 aliphatic heterocycles. The number of nitrogens with zero attached hydrogens (tertiary/aromatic N) is 3. The minimum atomic E-state index is -0.605. The predicted molar refractivity (Wildman–Crippen MR) is 161 cm³/mol. The van der Waals surface area contributed by atoms with Gasteiger partial charge >= 0.3 is 5.97 Å². The second-order valence-electron chi connectivity index (χ2n) is 11.2. The summed E-state index contributed by atoms with van der Waals surface area (Å²) in [5, 5.41) is 8.52. The lowest BCUT2D eigenvalue weighted by atomic mass is 9.94. The van der Waals surface area contributed by atoms with Crippen LogP contribution in [-0.4, -0.2) is 40.6 Å². The van der Waals surface area contributed by atoms with Gasteiger partial charge in [-0.3, -0.25) is 0 Å². The molecule has 1 atom stereocenters. The Labute approximate surface area is 251 Å².